The third-order valence-electron chi connectivity index (χ3n) is 4.10. The number of Topliss-reactive ketones (excluding diaryl/α,β-unsaturated/α-hetero) is 1. The van der Waals surface area contributed by atoms with E-state index in [1.165, 1.54) is 0 Å². The van der Waals surface area contributed by atoms with E-state index in [2.05, 4.69) is 6.07 Å². The van der Waals surface area contributed by atoms with Crippen LogP contribution in [-0.4, -0.2) is 10.9 Å². The number of fused-ring (bicyclic) bond motifs is 3. The summed E-state index contributed by atoms with van der Waals surface area (Å²) in [6.07, 6.45) is 5.45. The monoisotopic (exact) mass is 251 g/mol. The van der Waals surface area contributed by atoms with E-state index in [0.717, 1.165) is 5.56 Å². The molecule has 3 heteroatoms. The van der Waals surface area contributed by atoms with Crippen LogP contribution in [0.5, 0.6) is 0 Å². The first-order valence-electron chi connectivity index (χ1n) is 6.29. The molecule has 94 valence electrons. The van der Waals surface area contributed by atoms with Crippen LogP contribution in [0.4, 0.5) is 0 Å². The number of allylic oxidation sites excluding steroid dienone is 4. The normalized spacial score (nSPS) is 24.7. The summed E-state index contributed by atoms with van der Waals surface area (Å²) in [5.74, 6) is -0.493. The van der Waals surface area contributed by atoms with Crippen molar-refractivity contribution in [3.05, 3.63) is 58.9 Å². The van der Waals surface area contributed by atoms with Crippen molar-refractivity contribution in [2.24, 2.45) is 0 Å². The average Bonchev–Trinajstić information content (AvgIpc) is 2.45. The highest BCUT2D eigenvalue weighted by atomic mass is 16.3. The molecule has 2 aliphatic carbocycles. The van der Waals surface area contributed by atoms with E-state index in [1.54, 1.807) is 12.1 Å². The lowest BCUT2D eigenvalue weighted by molar-refractivity contribution is 0.0960. The standard InChI is InChI=1S/C16H13NO2/c17-10-9-16-8-4-3-7-13(16)15(19)14(18)11-5-1-2-6-12(11)16/h1-6,19H,7-9H2. The highest BCUT2D eigenvalue weighted by Gasteiger charge is 2.45. The molecule has 0 bridgehead atoms. The molecule has 19 heavy (non-hydrogen) atoms. The topological polar surface area (TPSA) is 61.1 Å². The van der Waals surface area contributed by atoms with Crippen LogP contribution in [0.25, 0.3) is 0 Å². The number of nitriles is 1. The molecule has 0 saturated carbocycles. The molecule has 3 rings (SSSR count). The lowest BCUT2D eigenvalue weighted by Gasteiger charge is -2.40. The Kier molecular flexibility index (Phi) is 2.53. The maximum absolute atomic E-state index is 12.2. The summed E-state index contributed by atoms with van der Waals surface area (Å²) in [6.45, 7) is 0. The predicted octanol–water partition coefficient (Wildman–Crippen LogP) is 3.20. The molecule has 1 N–H and O–H groups in total. The van der Waals surface area contributed by atoms with E-state index >= 15 is 0 Å². The smallest absolute Gasteiger partial charge is 0.227 e. The Bertz CT molecular complexity index is 664. The largest absolute Gasteiger partial charge is 0.504 e. The van der Waals surface area contributed by atoms with E-state index in [0.29, 0.717) is 24.0 Å². The van der Waals surface area contributed by atoms with E-state index in [1.807, 2.05) is 24.3 Å². The van der Waals surface area contributed by atoms with Crippen LogP contribution < -0.4 is 0 Å². The van der Waals surface area contributed by atoms with Gasteiger partial charge in [-0.2, -0.15) is 5.26 Å². The molecular formula is C16H13NO2. The van der Waals surface area contributed by atoms with Crippen molar-refractivity contribution in [2.45, 2.75) is 24.7 Å². The van der Waals surface area contributed by atoms with Crippen molar-refractivity contribution >= 4 is 5.78 Å². The summed E-state index contributed by atoms with van der Waals surface area (Å²) in [5, 5.41) is 19.4. The van der Waals surface area contributed by atoms with Crippen LogP contribution in [0, 0.1) is 11.3 Å². The minimum atomic E-state index is -0.530. The molecule has 0 aliphatic heterocycles. The van der Waals surface area contributed by atoms with Gasteiger partial charge in [0.15, 0.2) is 5.76 Å². The van der Waals surface area contributed by atoms with Gasteiger partial charge in [0.05, 0.1) is 6.07 Å². The molecule has 0 aromatic heterocycles. The van der Waals surface area contributed by atoms with Gasteiger partial charge < -0.3 is 5.11 Å². The van der Waals surface area contributed by atoms with Crippen LogP contribution in [0.15, 0.2) is 47.7 Å². The van der Waals surface area contributed by atoms with Crippen LogP contribution in [0.3, 0.4) is 0 Å². The predicted molar refractivity (Wildman–Crippen MR) is 70.7 cm³/mol. The van der Waals surface area contributed by atoms with E-state index in [4.69, 9.17) is 5.26 Å². The zero-order valence-corrected chi connectivity index (χ0v) is 10.4. The van der Waals surface area contributed by atoms with Crippen molar-refractivity contribution < 1.29 is 9.90 Å². The van der Waals surface area contributed by atoms with Gasteiger partial charge in [-0.1, -0.05) is 36.4 Å². The first kappa shape index (κ1) is 11.7. The van der Waals surface area contributed by atoms with Gasteiger partial charge in [-0.3, -0.25) is 4.79 Å². The van der Waals surface area contributed by atoms with Gasteiger partial charge in [0.25, 0.3) is 0 Å². The highest BCUT2D eigenvalue weighted by molar-refractivity contribution is 6.10. The van der Waals surface area contributed by atoms with E-state index in [9.17, 15) is 9.90 Å². The van der Waals surface area contributed by atoms with Crippen molar-refractivity contribution in [1.82, 2.24) is 0 Å². The number of hydrogen-bond donors (Lipinski definition) is 1. The van der Waals surface area contributed by atoms with Crippen LogP contribution in [-0.2, 0) is 5.41 Å². The lowest BCUT2D eigenvalue weighted by atomic mass is 9.62. The first-order valence-corrected chi connectivity index (χ1v) is 6.29. The number of carbonyl (C=O) groups excluding carboxylic acids is 1. The van der Waals surface area contributed by atoms with Crippen molar-refractivity contribution in [2.75, 3.05) is 0 Å². The van der Waals surface area contributed by atoms with Gasteiger partial charge in [-0.15, -0.1) is 0 Å². The fraction of sp³-hybridized carbons (Fsp3) is 0.250. The number of ketones is 1. The van der Waals surface area contributed by atoms with E-state index < -0.39 is 5.41 Å². The summed E-state index contributed by atoms with van der Waals surface area (Å²) in [7, 11) is 0. The molecule has 3 nitrogen and oxygen atoms in total. The fourth-order valence-corrected chi connectivity index (χ4v) is 3.17. The molecule has 1 aromatic carbocycles. The number of aliphatic hydroxyl groups excluding tert-OH is 1. The second kappa shape index (κ2) is 4.10. The fourth-order valence-electron chi connectivity index (χ4n) is 3.17. The third-order valence-corrected chi connectivity index (χ3v) is 4.10. The molecule has 1 atom stereocenters. The Morgan fingerprint density at radius 1 is 1.32 bits per heavy atom. The minimum absolute atomic E-state index is 0.168. The highest BCUT2D eigenvalue weighted by Crippen LogP contribution is 2.49. The summed E-state index contributed by atoms with van der Waals surface area (Å²) < 4.78 is 0. The van der Waals surface area contributed by atoms with Crippen LogP contribution in [0.1, 0.15) is 35.2 Å². The summed E-state index contributed by atoms with van der Waals surface area (Å²) in [6, 6.07) is 9.50. The molecule has 1 unspecified atom stereocenters. The molecule has 0 fully saturated rings. The molecule has 0 radical (unpaired) electrons. The van der Waals surface area contributed by atoms with Gasteiger partial charge in [0.2, 0.25) is 5.78 Å². The summed E-state index contributed by atoms with van der Waals surface area (Å²) in [4.78, 5) is 12.2. The number of benzene rings is 1. The number of hydrogen-bond acceptors (Lipinski definition) is 3. The molecule has 2 aliphatic rings. The van der Waals surface area contributed by atoms with Gasteiger partial charge in [-0.05, 0) is 24.0 Å². The van der Waals surface area contributed by atoms with Gasteiger partial charge in [0, 0.05) is 17.4 Å². The number of rotatable bonds is 1. The zero-order valence-electron chi connectivity index (χ0n) is 10.4. The average molecular weight is 251 g/mol. The van der Waals surface area contributed by atoms with Crippen molar-refractivity contribution in [1.29, 1.82) is 5.26 Å². The van der Waals surface area contributed by atoms with Gasteiger partial charge in [0.1, 0.15) is 0 Å². The molecule has 0 heterocycles. The third kappa shape index (κ3) is 1.47. The number of carbonyl (C=O) groups is 1. The minimum Gasteiger partial charge on any atom is -0.504 e. The zero-order chi connectivity index (χ0) is 13.5. The Balaban J connectivity index is 2.34. The second-order valence-electron chi connectivity index (χ2n) is 5.00. The maximum atomic E-state index is 12.2. The summed E-state index contributed by atoms with van der Waals surface area (Å²) in [5.41, 5.74) is 1.56. The Labute approximate surface area is 111 Å². The van der Waals surface area contributed by atoms with Crippen molar-refractivity contribution in [3.8, 4) is 6.07 Å². The lowest BCUT2D eigenvalue weighted by Crippen LogP contribution is -2.37. The van der Waals surface area contributed by atoms with Gasteiger partial charge in [-0.25, -0.2) is 0 Å². The maximum Gasteiger partial charge on any atom is 0.227 e. The SMILES string of the molecule is N#CCC12CC=CCC1=C(O)C(=O)c1ccccc12. The molecule has 0 amide bonds. The van der Waals surface area contributed by atoms with Crippen LogP contribution in [0.2, 0.25) is 0 Å². The molecule has 0 spiro atoms. The number of nitrogens with zero attached hydrogens (tertiary/aromatic N) is 1. The summed E-state index contributed by atoms with van der Waals surface area (Å²) >= 11 is 0. The Morgan fingerprint density at radius 2 is 2.11 bits per heavy atom. The molecular weight excluding hydrogens is 238 g/mol. The van der Waals surface area contributed by atoms with E-state index in [-0.39, 0.29) is 18.0 Å². The van der Waals surface area contributed by atoms with Crippen molar-refractivity contribution in [3.63, 3.8) is 0 Å². The Morgan fingerprint density at radius 3 is 2.89 bits per heavy atom. The van der Waals surface area contributed by atoms with Crippen LogP contribution >= 0.6 is 0 Å². The Hall–Kier alpha value is -2.34. The molecule has 0 saturated heterocycles. The quantitative estimate of drug-likeness (QED) is 0.780. The first-order chi connectivity index (χ1) is 9.20. The molecule has 1 aromatic rings. The second-order valence-corrected chi connectivity index (χ2v) is 5.00. The number of aliphatic hydroxyl groups is 1. The van der Waals surface area contributed by atoms with Gasteiger partial charge >= 0.3 is 0 Å².